The van der Waals surface area contributed by atoms with Crippen molar-refractivity contribution >= 4 is 39.1 Å². The van der Waals surface area contributed by atoms with Gasteiger partial charge in [0.25, 0.3) is 5.91 Å². The van der Waals surface area contributed by atoms with Crippen molar-refractivity contribution in [3.63, 3.8) is 0 Å². The van der Waals surface area contributed by atoms with E-state index in [1.807, 2.05) is 18.2 Å². The SMILES string of the molecule is C[C@H](Oc1cccc(Br)c1)C(=O)Nc1cccc(Cl)c1. The Morgan fingerprint density at radius 2 is 2.00 bits per heavy atom. The van der Waals surface area contributed by atoms with Crippen molar-refractivity contribution in [1.82, 2.24) is 0 Å². The summed E-state index contributed by atoms with van der Waals surface area (Å²) in [4.78, 5) is 12.0. The van der Waals surface area contributed by atoms with Crippen LogP contribution in [0.25, 0.3) is 0 Å². The standard InChI is InChI=1S/C15H13BrClNO2/c1-10(20-14-7-2-4-11(16)8-14)15(19)18-13-6-3-5-12(17)9-13/h2-10H,1H3,(H,18,19)/t10-/m0/s1. The van der Waals surface area contributed by atoms with Crippen molar-refractivity contribution in [1.29, 1.82) is 0 Å². The Hall–Kier alpha value is -1.52. The summed E-state index contributed by atoms with van der Waals surface area (Å²) in [6, 6.07) is 14.3. The van der Waals surface area contributed by atoms with Gasteiger partial charge in [-0.3, -0.25) is 4.79 Å². The molecule has 0 aromatic heterocycles. The number of amides is 1. The molecule has 5 heteroatoms. The zero-order chi connectivity index (χ0) is 14.5. The molecule has 0 saturated carbocycles. The average molecular weight is 355 g/mol. The van der Waals surface area contributed by atoms with Crippen molar-refractivity contribution in [2.75, 3.05) is 5.32 Å². The number of benzene rings is 2. The lowest BCUT2D eigenvalue weighted by molar-refractivity contribution is -0.122. The zero-order valence-corrected chi connectivity index (χ0v) is 13.1. The predicted octanol–water partition coefficient (Wildman–Crippen LogP) is 4.51. The molecule has 20 heavy (non-hydrogen) atoms. The van der Waals surface area contributed by atoms with Gasteiger partial charge < -0.3 is 10.1 Å². The van der Waals surface area contributed by atoms with Crippen LogP contribution in [-0.4, -0.2) is 12.0 Å². The van der Waals surface area contributed by atoms with Crippen molar-refractivity contribution in [3.8, 4) is 5.75 Å². The molecule has 0 spiro atoms. The first kappa shape index (κ1) is 14.9. The van der Waals surface area contributed by atoms with Crippen LogP contribution >= 0.6 is 27.5 Å². The van der Waals surface area contributed by atoms with Crippen LogP contribution in [0.15, 0.2) is 53.0 Å². The van der Waals surface area contributed by atoms with Gasteiger partial charge in [-0.15, -0.1) is 0 Å². The van der Waals surface area contributed by atoms with Crippen LogP contribution in [0.4, 0.5) is 5.69 Å². The van der Waals surface area contributed by atoms with E-state index < -0.39 is 6.10 Å². The van der Waals surface area contributed by atoms with Gasteiger partial charge in [-0.25, -0.2) is 0 Å². The molecule has 104 valence electrons. The molecule has 1 N–H and O–H groups in total. The Morgan fingerprint density at radius 3 is 2.70 bits per heavy atom. The third kappa shape index (κ3) is 4.25. The van der Waals surface area contributed by atoms with Crippen molar-refractivity contribution in [3.05, 3.63) is 58.0 Å². The van der Waals surface area contributed by atoms with E-state index >= 15 is 0 Å². The second-order valence-corrected chi connectivity index (χ2v) is 5.57. The maximum Gasteiger partial charge on any atom is 0.265 e. The molecular weight excluding hydrogens is 342 g/mol. The lowest BCUT2D eigenvalue weighted by atomic mass is 10.3. The van der Waals surface area contributed by atoms with Crippen LogP contribution in [0.1, 0.15) is 6.92 Å². The highest BCUT2D eigenvalue weighted by molar-refractivity contribution is 9.10. The highest BCUT2D eigenvalue weighted by atomic mass is 79.9. The quantitative estimate of drug-likeness (QED) is 0.877. The number of rotatable bonds is 4. The van der Waals surface area contributed by atoms with E-state index in [-0.39, 0.29) is 5.91 Å². The monoisotopic (exact) mass is 353 g/mol. The van der Waals surface area contributed by atoms with E-state index in [0.717, 1.165) is 4.47 Å². The number of carbonyl (C=O) groups excluding carboxylic acids is 1. The van der Waals surface area contributed by atoms with Gasteiger partial charge in [0.05, 0.1) is 0 Å². The van der Waals surface area contributed by atoms with E-state index in [1.165, 1.54) is 0 Å². The summed E-state index contributed by atoms with van der Waals surface area (Å²) in [6.45, 7) is 1.70. The summed E-state index contributed by atoms with van der Waals surface area (Å²) >= 11 is 9.22. The van der Waals surface area contributed by atoms with Gasteiger partial charge in [0.15, 0.2) is 6.10 Å². The van der Waals surface area contributed by atoms with Crippen molar-refractivity contribution in [2.45, 2.75) is 13.0 Å². The Labute approximate surface area is 131 Å². The average Bonchev–Trinajstić information content (AvgIpc) is 2.38. The first-order valence-corrected chi connectivity index (χ1v) is 7.20. The smallest absolute Gasteiger partial charge is 0.265 e. The summed E-state index contributed by atoms with van der Waals surface area (Å²) in [5.41, 5.74) is 0.646. The van der Waals surface area contributed by atoms with Crippen LogP contribution in [0.2, 0.25) is 5.02 Å². The summed E-state index contributed by atoms with van der Waals surface area (Å²) in [5, 5.41) is 3.33. The first-order valence-electron chi connectivity index (χ1n) is 6.03. The Kier molecular flexibility index (Phi) is 5.04. The van der Waals surface area contributed by atoms with Crippen LogP contribution < -0.4 is 10.1 Å². The van der Waals surface area contributed by atoms with E-state index in [0.29, 0.717) is 16.5 Å². The van der Waals surface area contributed by atoms with Gasteiger partial charge in [0.2, 0.25) is 0 Å². The highest BCUT2D eigenvalue weighted by Crippen LogP contribution is 2.20. The number of halogens is 2. The van der Waals surface area contributed by atoms with Crippen molar-refractivity contribution < 1.29 is 9.53 Å². The Bertz CT molecular complexity index is 618. The fourth-order valence-electron chi connectivity index (χ4n) is 1.61. The molecule has 1 amide bonds. The third-order valence-corrected chi connectivity index (χ3v) is 3.30. The summed E-state index contributed by atoms with van der Waals surface area (Å²) < 4.78 is 6.48. The first-order chi connectivity index (χ1) is 9.54. The van der Waals surface area contributed by atoms with E-state index in [4.69, 9.17) is 16.3 Å². The van der Waals surface area contributed by atoms with Crippen molar-refractivity contribution in [2.24, 2.45) is 0 Å². The molecule has 0 fully saturated rings. The largest absolute Gasteiger partial charge is 0.481 e. The Balaban J connectivity index is 1.98. The van der Waals surface area contributed by atoms with Gasteiger partial charge in [0.1, 0.15) is 5.75 Å². The van der Waals surface area contributed by atoms with Crippen LogP contribution in [0, 0.1) is 0 Å². The number of hydrogen-bond donors (Lipinski definition) is 1. The lowest BCUT2D eigenvalue weighted by Gasteiger charge is -2.15. The number of ether oxygens (including phenoxy) is 1. The number of hydrogen-bond acceptors (Lipinski definition) is 2. The minimum absolute atomic E-state index is 0.229. The molecule has 0 aliphatic heterocycles. The van der Waals surface area contributed by atoms with Crippen LogP contribution in [0.3, 0.4) is 0 Å². The second-order valence-electron chi connectivity index (χ2n) is 4.22. The molecule has 2 aromatic carbocycles. The van der Waals surface area contributed by atoms with Gasteiger partial charge >= 0.3 is 0 Å². The molecule has 0 unspecified atom stereocenters. The van der Waals surface area contributed by atoms with Gasteiger partial charge in [-0.05, 0) is 43.3 Å². The second kappa shape index (κ2) is 6.77. The number of anilines is 1. The highest BCUT2D eigenvalue weighted by Gasteiger charge is 2.15. The maximum atomic E-state index is 12.0. The number of carbonyl (C=O) groups is 1. The maximum absolute atomic E-state index is 12.0. The molecule has 0 heterocycles. The van der Waals surface area contributed by atoms with Gasteiger partial charge in [-0.1, -0.05) is 39.7 Å². The minimum atomic E-state index is -0.608. The molecule has 2 rings (SSSR count). The normalized spacial score (nSPS) is 11.8. The van der Waals surface area contributed by atoms with Crippen LogP contribution in [-0.2, 0) is 4.79 Å². The molecule has 0 bridgehead atoms. The van der Waals surface area contributed by atoms with Gasteiger partial charge in [-0.2, -0.15) is 0 Å². The van der Waals surface area contributed by atoms with Crippen LogP contribution in [0.5, 0.6) is 5.75 Å². The summed E-state index contributed by atoms with van der Waals surface area (Å²) in [6.07, 6.45) is -0.608. The minimum Gasteiger partial charge on any atom is -0.481 e. The van der Waals surface area contributed by atoms with E-state index in [9.17, 15) is 4.79 Å². The third-order valence-electron chi connectivity index (χ3n) is 2.57. The Morgan fingerprint density at radius 1 is 1.25 bits per heavy atom. The molecule has 0 aliphatic rings. The summed E-state index contributed by atoms with van der Waals surface area (Å²) in [7, 11) is 0. The fraction of sp³-hybridized carbons (Fsp3) is 0.133. The van der Waals surface area contributed by atoms with E-state index in [2.05, 4.69) is 21.2 Å². The zero-order valence-electron chi connectivity index (χ0n) is 10.8. The lowest BCUT2D eigenvalue weighted by Crippen LogP contribution is -2.30. The topological polar surface area (TPSA) is 38.3 Å². The summed E-state index contributed by atoms with van der Waals surface area (Å²) in [5.74, 6) is 0.403. The molecule has 2 aromatic rings. The van der Waals surface area contributed by atoms with Gasteiger partial charge in [0, 0.05) is 15.2 Å². The molecular formula is C15H13BrClNO2. The predicted molar refractivity (Wildman–Crippen MR) is 84.3 cm³/mol. The molecule has 0 saturated heterocycles. The molecule has 1 atom stereocenters. The molecule has 0 aliphatic carbocycles. The molecule has 3 nitrogen and oxygen atoms in total. The molecule has 0 radical (unpaired) electrons. The fourth-order valence-corrected chi connectivity index (χ4v) is 2.18. The number of nitrogens with one attached hydrogen (secondary N) is 1. The van der Waals surface area contributed by atoms with E-state index in [1.54, 1.807) is 37.3 Å².